The Hall–Kier alpha value is -1.06. The Bertz CT molecular complexity index is 261. The lowest BCUT2D eigenvalue weighted by Gasteiger charge is -2.22. The summed E-state index contributed by atoms with van der Waals surface area (Å²) in [5.41, 5.74) is 0. The van der Waals surface area contributed by atoms with E-state index in [2.05, 4.69) is 23.9 Å². The molecule has 2 atom stereocenters. The maximum absolute atomic E-state index is 11.9. The molecule has 0 spiro atoms. The fourth-order valence-electron chi connectivity index (χ4n) is 1.73. The van der Waals surface area contributed by atoms with Crippen molar-refractivity contribution >= 4 is 11.9 Å². The number of hydrogen-bond acceptors (Lipinski definition) is 3. The number of carbonyl (C=O) groups excluding carboxylic acids is 2. The van der Waals surface area contributed by atoms with Gasteiger partial charge in [-0.2, -0.15) is 0 Å². The number of amides is 1. The van der Waals surface area contributed by atoms with Crippen LogP contribution in [0.15, 0.2) is 0 Å². The molecule has 1 unspecified atom stereocenters. The predicted octanol–water partition coefficient (Wildman–Crippen LogP) is 1.98. The van der Waals surface area contributed by atoms with Gasteiger partial charge in [0.05, 0.1) is 7.11 Å². The highest BCUT2D eigenvalue weighted by molar-refractivity contribution is 5.85. The number of carbonyl (C=O) groups is 2. The molecule has 0 saturated heterocycles. The SMILES string of the molecule is COC(=O)[C@@H](NC(=O)C(C)CC(C)C)C(C)C. The average Bonchev–Trinajstić information content (AvgIpc) is 2.22. The molecule has 0 rings (SSSR count). The van der Waals surface area contributed by atoms with Crippen LogP contribution >= 0.6 is 0 Å². The van der Waals surface area contributed by atoms with E-state index in [1.54, 1.807) is 0 Å². The lowest BCUT2D eigenvalue weighted by molar-refractivity contribution is -0.146. The van der Waals surface area contributed by atoms with Crippen molar-refractivity contribution in [3.05, 3.63) is 0 Å². The van der Waals surface area contributed by atoms with Crippen LogP contribution in [0.1, 0.15) is 41.0 Å². The molecule has 1 amide bonds. The first-order valence-electron chi connectivity index (χ1n) is 6.17. The van der Waals surface area contributed by atoms with Crippen molar-refractivity contribution < 1.29 is 14.3 Å². The maximum atomic E-state index is 11.9. The summed E-state index contributed by atoms with van der Waals surface area (Å²) in [6.07, 6.45) is 0.817. The van der Waals surface area contributed by atoms with Gasteiger partial charge in [-0.15, -0.1) is 0 Å². The third-order valence-corrected chi connectivity index (χ3v) is 2.69. The first-order chi connectivity index (χ1) is 7.79. The minimum atomic E-state index is -0.554. The lowest BCUT2D eigenvalue weighted by Crippen LogP contribution is -2.47. The van der Waals surface area contributed by atoms with Crippen LogP contribution in [0.25, 0.3) is 0 Å². The molecule has 0 aromatic carbocycles. The molecule has 1 N–H and O–H groups in total. The number of ether oxygens (including phenoxy) is 1. The van der Waals surface area contributed by atoms with Crippen LogP contribution in [0, 0.1) is 17.8 Å². The van der Waals surface area contributed by atoms with Crippen LogP contribution in [0.3, 0.4) is 0 Å². The van der Waals surface area contributed by atoms with Crippen molar-refractivity contribution in [2.24, 2.45) is 17.8 Å². The molecular weight excluding hydrogens is 218 g/mol. The van der Waals surface area contributed by atoms with Gasteiger partial charge in [0.1, 0.15) is 6.04 Å². The number of hydrogen-bond donors (Lipinski definition) is 1. The zero-order chi connectivity index (χ0) is 13.6. The monoisotopic (exact) mass is 243 g/mol. The van der Waals surface area contributed by atoms with Crippen molar-refractivity contribution in [3.8, 4) is 0 Å². The molecule has 100 valence electrons. The maximum Gasteiger partial charge on any atom is 0.328 e. The quantitative estimate of drug-likeness (QED) is 0.726. The van der Waals surface area contributed by atoms with E-state index in [0.29, 0.717) is 5.92 Å². The average molecular weight is 243 g/mol. The number of rotatable bonds is 6. The largest absolute Gasteiger partial charge is 0.467 e. The van der Waals surface area contributed by atoms with Gasteiger partial charge in [0, 0.05) is 5.92 Å². The minimum Gasteiger partial charge on any atom is -0.467 e. The first kappa shape index (κ1) is 15.9. The second kappa shape index (κ2) is 7.30. The Balaban J connectivity index is 4.45. The van der Waals surface area contributed by atoms with Gasteiger partial charge in [0.2, 0.25) is 5.91 Å². The fraction of sp³-hybridized carbons (Fsp3) is 0.846. The van der Waals surface area contributed by atoms with Crippen LogP contribution in [-0.2, 0) is 14.3 Å². The van der Waals surface area contributed by atoms with Crippen molar-refractivity contribution in [2.45, 2.75) is 47.1 Å². The summed E-state index contributed by atoms with van der Waals surface area (Å²) in [6, 6.07) is -0.554. The summed E-state index contributed by atoms with van der Waals surface area (Å²) < 4.78 is 4.68. The Morgan fingerprint density at radius 1 is 1.12 bits per heavy atom. The van der Waals surface area contributed by atoms with E-state index >= 15 is 0 Å². The fourth-order valence-corrected chi connectivity index (χ4v) is 1.73. The Morgan fingerprint density at radius 3 is 2.00 bits per heavy atom. The molecule has 4 heteroatoms. The first-order valence-corrected chi connectivity index (χ1v) is 6.17. The van der Waals surface area contributed by atoms with Crippen LogP contribution < -0.4 is 5.32 Å². The number of esters is 1. The van der Waals surface area contributed by atoms with Gasteiger partial charge in [0.15, 0.2) is 0 Å². The van der Waals surface area contributed by atoms with Crippen molar-refractivity contribution in [1.29, 1.82) is 0 Å². The summed E-state index contributed by atoms with van der Waals surface area (Å²) in [4.78, 5) is 23.4. The van der Waals surface area contributed by atoms with E-state index in [9.17, 15) is 9.59 Å². The van der Waals surface area contributed by atoms with Gasteiger partial charge >= 0.3 is 5.97 Å². The third kappa shape index (κ3) is 5.71. The molecule has 0 radical (unpaired) electrons. The molecule has 17 heavy (non-hydrogen) atoms. The number of methoxy groups -OCH3 is 1. The molecule has 0 fully saturated rings. The van der Waals surface area contributed by atoms with E-state index in [4.69, 9.17) is 0 Å². The topological polar surface area (TPSA) is 55.4 Å². The summed E-state index contributed by atoms with van der Waals surface area (Å²) in [5.74, 6) is -0.0576. The second-order valence-electron chi connectivity index (χ2n) is 5.28. The van der Waals surface area contributed by atoms with E-state index < -0.39 is 6.04 Å². The Morgan fingerprint density at radius 2 is 1.65 bits per heavy atom. The van der Waals surface area contributed by atoms with Crippen LogP contribution in [0.5, 0.6) is 0 Å². The van der Waals surface area contributed by atoms with E-state index in [1.165, 1.54) is 7.11 Å². The van der Waals surface area contributed by atoms with Crippen molar-refractivity contribution in [1.82, 2.24) is 5.32 Å². The van der Waals surface area contributed by atoms with Crippen LogP contribution in [-0.4, -0.2) is 25.0 Å². The normalized spacial score (nSPS) is 14.6. The molecule has 0 saturated carbocycles. The van der Waals surface area contributed by atoms with E-state index in [1.807, 2.05) is 20.8 Å². The highest BCUT2D eigenvalue weighted by Crippen LogP contribution is 2.12. The van der Waals surface area contributed by atoms with Gasteiger partial charge in [-0.25, -0.2) is 4.79 Å². The zero-order valence-electron chi connectivity index (χ0n) is 11.7. The summed E-state index contributed by atoms with van der Waals surface area (Å²) >= 11 is 0. The van der Waals surface area contributed by atoms with Gasteiger partial charge in [-0.3, -0.25) is 4.79 Å². The molecular formula is C13H25NO3. The van der Waals surface area contributed by atoms with Crippen LogP contribution in [0.4, 0.5) is 0 Å². The highest BCUT2D eigenvalue weighted by atomic mass is 16.5. The van der Waals surface area contributed by atoms with Gasteiger partial charge in [-0.1, -0.05) is 34.6 Å². The lowest BCUT2D eigenvalue weighted by atomic mass is 9.97. The standard InChI is InChI=1S/C13H25NO3/c1-8(2)7-10(5)12(15)14-11(9(3)4)13(16)17-6/h8-11H,7H2,1-6H3,(H,14,15)/t10?,11-/m0/s1. The Labute approximate surface area is 104 Å². The third-order valence-electron chi connectivity index (χ3n) is 2.69. The molecule has 0 bridgehead atoms. The molecule has 4 nitrogen and oxygen atoms in total. The van der Waals surface area contributed by atoms with E-state index in [0.717, 1.165) is 6.42 Å². The Kier molecular flexibility index (Phi) is 6.85. The molecule has 0 aliphatic rings. The zero-order valence-corrected chi connectivity index (χ0v) is 11.7. The summed E-state index contributed by atoms with van der Waals surface area (Å²) in [7, 11) is 1.33. The smallest absolute Gasteiger partial charge is 0.328 e. The molecule has 0 aliphatic heterocycles. The van der Waals surface area contributed by atoms with Gasteiger partial charge < -0.3 is 10.1 Å². The second-order valence-corrected chi connectivity index (χ2v) is 5.28. The highest BCUT2D eigenvalue weighted by Gasteiger charge is 2.26. The molecule has 0 aromatic heterocycles. The minimum absolute atomic E-state index is 0.0256. The molecule has 0 heterocycles. The molecule has 0 aromatic rings. The van der Waals surface area contributed by atoms with Crippen LogP contribution in [0.2, 0.25) is 0 Å². The summed E-state index contributed by atoms with van der Waals surface area (Å²) in [6.45, 7) is 9.79. The summed E-state index contributed by atoms with van der Waals surface area (Å²) in [5, 5.41) is 2.76. The van der Waals surface area contributed by atoms with E-state index in [-0.39, 0.29) is 23.7 Å². The van der Waals surface area contributed by atoms with Crippen molar-refractivity contribution in [2.75, 3.05) is 7.11 Å². The predicted molar refractivity (Wildman–Crippen MR) is 67.4 cm³/mol. The van der Waals surface area contributed by atoms with Gasteiger partial charge in [0.25, 0.3) is 0 Å². The molecule has 0 aliphatic carbocycles. The van der Waals surface area contributed by atoms with Gasteiger partial charge in [-0.05, 0) is 18.3 Å². The van der Waals surface area contributed by atoms with Crippen molar-refractivity contribution in [3.63, 3.8) is 0 Å². The number of nitrogens with one attached hydrogen (secondary N) is 1.